The molecule has 0 unspecified atom stereocenters. The van der Waals surface area contributed by atoms with E-state index in [2.05, 4.69) is 15.1 Å². The van der Waals surface area contributed by atoms with Gasteiger partial charge in [-0.3, -0.25) is 0 Å². The Morgan fingerprint density at radius 2 is 2.04 bits per heavy atom. The van der Waals surface area contributed by atoms with Crippen LogP contribution in [-0.4, -0.2) is 24.9 Å². The normalized spacial score (nSPS) is 12.2. The van der Waals surface area contributed by atoms with Crippen molar-refractivity contribution in [3.8, 4) is 17.3 Å². The summed E-state index contributed by atoms with van der Waals surface area (Å²) in [6, 6.07) is 10.8. The van der Waals surface area contributed by atoms with Crippen molar-refractivity contribution in [2.45, 2.75) is 13.0 Å². The number of hydrogen-bond acceptors (Lipinski definition) is 6. The van der Waals surface area contributed by atoms with E-state index < -0.39 is 6.10 Å². The third kappa shape index (κ3) is 3.24. The largest absolute Gasteiger partial charge is 0.493 e. The molecule has 4 aromatic rings. The van der Waals surface area contributed by atoms with Crippen LogP contribution in [0.2, 0.25) is 0 Å². The van der Waals surface area contributed by atoms with Crippen LogP contribution in [0.3, 0.4) is 0 Å². The SMILES string of the molecule is C[C@@H](Oc1cc2cc(F)ccc2nc1N)c1nc(O)ccc1-n1cccn1. The molecule has 0 aliphatic carbocycles. The lowest BCUT2D eigenvalue weighted by Gasteiger charge is -2.18. The Kier molecular flexibility index (Phi) is 4.08. The Hall–Kier alpha value is -3.68. The van der Waals surface area contributed by atoms with Gasteiger partial charge in [0.25, 0.3) is 0 Å². The number of hydrogen-bond donors (Lipinski definition) is 2. The number of aromatic hydroxyl groups is 1. The van der Waals surface area contributed by atoms with Crippen LogP contribution >= 0.6 is 0 Å². The third-order valence-electron chi connectivity index (χ3n) is 4.10. The minimum atomic E-state index is -0.577. The number of nitrogens with two attached hydrogens (primary N) is 1. The minimum absolute atomic E-state index is 0.136. The summed E-state index contributed by atoms with van der Waals surface area (Å²) < 4.78 is 21.1. The molecule has 3 heterocycles. The molecule has 1 atom stereocenters. The van der Waals surface area contributed by atoms with Crippen molar-refractivity contribution in [1.82, 2.24) is 19.7 Å². The van der Waals surface area contributed by atoms with Crippen molar-refractivity contribution in [2.24, 2.45) is 0 Å². The Bertz CT molecular complexity index is 1110. The molecule has 7 nitrogen and oxygen atoms in total. The van der Waals surface area contributed by atoms with Crippen molar-refractivity contribution >= 4 is 16.7 Å². The highest BCUT2D eigenvalue weighted by molar-refractivity contribution is 5.82. The second-order valence-corrected chi connectivity index (χ2v) is 5.99. The number of ether oxygens (including phenoxy) is 1. The van der Waals surface area contributed by atoms with Gasteiger partial charge >= 0.3 is 0 Å². The summed E-state index contributed by atoms with van der Waals surface area (Å²) in [6.45, 7) is 1.77. The molecule has 136 valence electrons. The predicted octanol–water partition coefficient (Wildman–Crippen LogP) is 3.38. The van der Waals surface area contributed by atoms with Crippen molar-refractivity contribution in [2.75, 3.05) is 5.73 Å². The molecule has 0 saturated carbocycles. The smallest absolute Gasteiger partial charge is 0.211 e. The molecule has 0 fully saturated rings. The van der Waals surface area contributed by atoms with E-state index in [0.29, 0.717) is 28.0 Å². The second kappa shape index (κ2) is 6.56. The van der Waals surface area contributed by atoms with Gasteiger partial charge in [0.05, 0.1) is 11.2 Å². The zero-order chi connectivity index (χ0) is 19.0. The first-order valence-corrected chi connectivity index (χ1v) is 8.23. The summed E-state index contributed by atoms with van der Waals surface area (Å²) in [6.07, 6.45) is 2.83. The lowest BCUT2D eigenvalue weighted by Crippen LogP contribution is -2.12. The summed E-state index contributed by atoms with van der Waals surface area (Å²) in [5.41, 5.74) is 7.69. The molecular formula is C19H16FN5O2. The number of rotatable bonds is 4. The van der Waals surface area contributed by atoms with Gasteiger partial charge in [-0.05, 0) is 43.3 Å². The first-order valence-electron chi connectivity index (χ1n) is 8.23. The third-order valence-corrected chi connectivity index (χ3v) is 4.10. The molecule has 0 aliphatic heterocycles. The molecule has 4 rings (SSSR count). The number of nitrogens with zero attached hydrogens (tertiary/aromatic N) is 4. The van der Waals surface area contributed by atoms with Crippen molar-refractivity contribution in [3.05, 3.63) is 66.4 Å². The number of benzene rings is 1. The van der Waals surface area contributed by atoms with Crippen molar-refractivity contribution in [3.63, 3.8) is 0 Å². The Morgan fingerprint density at radius 1 is 1.19 bits per heavy atom. The van der Waals surface area contributed by atoms with Crippen LogP contribution < -0.4 is 10.5 Å². The van der Waals surface area contributed by atoms with Crippen LogP contribution in [0.5, 0.6) is 11.6 Å². The van der Waals surface area contributed by atoms with Gasteiger partial charge in [0.2, 0.25) is 5.88 Å². The molecular weight excluding hydrogens is 349 g/mol. The fourth-order valence-corrected chi connectivity index (χ4v) is 2.84. The van der Waals surface area contributed by atoms with E-state index in [1.807, 2.05) is 0 Å². The summed E-state index contributed by atoms with van der Waals surface area (Å²) in [7, 11) is 0. The maximum Gasteiger partial charge on any atom is 0.211 e. The van der Waals surface area contributed by atoms with Crippen molar-refractivity contribution < 1.29 is 14.2 Å². The maximum atomic E-state index is 13.5. The van der Waals surface area contributed by atoms with Crippen LogP contribution in [0.1, 0.15) is 18.7 Å². The van der Waals surface area contributed by atoms with E-state index in [9.17, 15) is 9.50 Å². The van der Waals surface area contributed by atoms with Gasteiger partial charge in [-0.1, -0.05) is 0 Å². The van der Waals surface area contributed by atoms with E-state index in [1.54, 1.807) is 48.3 Å². The van der Waals surface area contributed by atoms with Gasteiger partial charge in [-0.15, -0.1) is 0 Å². The first-order chi connectivity index (χ1) is 13.0. The summed E-state index contributed by atoms with van der Waals surface area (Å²) >= 11 is 0. The average molecular weight is 365 g/mol. The highest BCUT2D eigenvalue weighted by atomic mass is 19.1. The van der Waals surface area contributed by atoms with E-state index in [-0.39, 0.29) is 17.5 Å². The second-order valence-electron chi connectivity index (χ2n) is 5.99. The quantitative estimate of drug-likeness (QED) is 0.575. The Morgan fingerprint density at radius 3 is 2.81 bits per heavy atom. The van der Waals surface area contributed by atoms with Gasteiger partial charge in [-0.25, -0.2) is 19.0 Å². The highest BCUT2D eigenvalue weighted by Crippen LogP contribution is 2.31. The molecule has 0 radical (unpaired) electrons. The van der Waals surface area contributed by atoms with E-state index in [4.69, 9.17) is 10.5 Å². The first kappa shape index (κ1) is 16.8. The number of aromatic nitrogens is 4. The fraction of sp³-hybridized carbons (Fsp3) is 0.105. The van der Waals surface area contributed by atoms with Crippen LogP contribution in [0.25, 0.3) is 16.6 Å². The number of fused-ring (bicyclic) bond motifs is 1. The Labute approximate surface area is 153 Å². The minimum Gasteiger partial charge on any atom is -0.493 e. The number of halogens is 1. The Balaban J connectivity index is 1.72. The van der Waals surface area contributed by atoms with Crippen LogP contribution in [0.15, 0.2) is 54.9 Å². The molecule has 0 saturated heterocycles. The molecule has 3 aromatic heterocycles. The van der Waals surface area contributed by atoms with E-state index >= 15 is 0 Å². The number of nitrogen functional groups attached to an aromatic ring is 1. The molecule has 1 aromatic carbocycles. The summed E-state index contributed by atoms with van der Waals surface area (Å²) in [4.78, 5) is 8.43. The van der Waals surface area contributed by atoms with Gasteiger partial charge in [-0.2, -0.15) is 5.10 Å². The van der Waals surface area contributed by atoms with Crippen LogP contribution in [0.4, 0.5) is 10.2 Å². The standard InChI is InChI=1S/C19H16FN5O2/c1-11(18-15(5-6-17(26)24-18)25-8-2-7-22-25)27-16-10-12-9-13(20)3-4-14(12)23-19(16)21/h2-11H,1H3,(H2,21,23)(H,24,26)/t11-/m1/s1. The topological polar surface area (TPSA) is 99.1 Å². The van der Waals surface area contributed by atoms with Gasteiger partial charge in [0.15, 0.2) is 11.6 Å². The number of anilines is 1. The zero-order valence-corrected chi connectivity index (χ0v) is 14.4. The molecule has 0 amide bonds. The highest BCUT2D eigenvalue weighted by Gasteiger charge is 2.19. The number of pyridine rings is 2. The summed E-state index contributed by atoms with van der Waals surface area (Å²) in [5.74, 6) is -0.0226. The monoisotopic (exact) mass is 365 g/mol. The van der Waals surface area contributed by atoms with Crippen LogP contribution in [-0.2, 0) is 0 Å². The zero-order valence-electron chi connectivity index (χ0n) is 14.4. The van der Waals surface area contributed by atoms with Crippen molar-refractivity contribution in [1.29, 1.82) is 0 Å². The lowest BCUT2D eigenvalue weighted by molar-refractivity contribution is 0.221. The van der Waals surface area contributed by atoms with Gasteiger partial charge in [0, 0.05) is 23.8 Å². The maximum absolute atomic E-state index is 13.5. The average Bonchev–Trinajstić information content (AvgIpc) is 3.17. The van der Waals surface area contributed by atoms with Gasteiger partial charge in [0.1, 0.15) is 17.6 Å². The molecule has 0 aliphatic rings. The lowest BCUT2D eigenvalue weighted by atomic mass is 10.2. The predicted molar refractivity (Wildman–Crippen MR) is 98.2 cm³/mol. The summed E-state index contributed by atoms with van der Waals surface area (Å²) in [5, 5.41) is 14.6. The van der Waals surface area contributed by atoms with E-state index in [1.165, 1.54) is 18.2 Å². The molecule has 27 heavy (non-hydrogen) atoms. The molecule has 0 spiro atoms. The fourth-order valence-electron chi connectivity index (χ4n) is 2.84. The van der Waals surface area contributed by atoms with E-state index in [0.717, 1.165) is 0 Å². The van der Waals surface area contributed by atoms with Crippen LogP contribution in [0, 0.1) is 5.82 Å². The molecule has 8 heteroatoms. The molecule has 0 bridgehead atoms. The van der Waals surface area contributed by atoms with Gasteiger partial charge < -0.3 is 15.6 Å². The molecule has 3 N–H and O–H groups in total.